The van der Waals surface area contributed by atoms with Crippen LogP contribution in [0.5, 0.6) is 0 Å². The van der Waals surface area contributed by atoms with E-state index in [1.807, 2.05) is 25.2 Å². The Labute approximate surface area is 120 Å². The van der Waals surface area contributed by atoms with E-state index in [-0.39, 0.29) is 5.41 Å². The first-order valence-electron chi connectivity index (χ1n) is 6.79. The van der Waals surface area contributed by atoms with Crippen molar-refractivity contribution in [3.8, 4) is 0 Å². The summed E-state index contributed by atoms with van der Waals surface area (Å²) in [5, 5.41) is 6.41. The van der Waals surface area contributed by atoms with Gasteiger partial charge in [-0.2, -0.15) is 0 Å². The maximum absolute atomic E-state index is 4.61. The van der Waals surface area contributed by atoms with Gasteiger partial charge in [-0.1, -0.05) is 38.5 Å². The molecule has 0 radical (unpaired) electrons. The molecule has 1 aromatic heterocycles. The average molecular weight is 270 g/mol. The maximum atomic E-state index is 4.61. The fraction of sp³-hybridized carbons (Fsp3) is 0.375. The van der Waals surface area contributed by atoms with Crippen LogP contribution in [0.1, 0.15) is 32.2 Å². The van der Waals surface area contributed by atoms with Gasteiger partial charge in [-0.3, -0.25) is 0 Å². The lowest BCUT2D eigenvalue weighted by Crippen LogP contribution is -2.17. The Morgan fingerprint density at radius 1 is 0.950 bits per heavy atom. The van der Waals surface area contributed by atoms with Gasteiger partial charge in [-0.05, 0) is 19.1 Å². The summed E-state index contributed by atoms with van der Waals surface area (Å²) in [5.41, 5.74) is 2.18. The van der Waals surface area contributed by atoms with Crippen molar-refractivity contribution >= 4 is 17.3 Å². The molecule has 0 aliphatic rings. The van der Waals surface area contributed by atoms with Crippen LogP contribution in [0, 0.1) is 6.92 Å². The first-order valence-corrected chi connectivity index (χ1v) is 6.79. The van der Waals surface area contributed by atoms with Gasteiger partial charge in [0, 0.05) is 24.2 Å². The van der Waals surface area contributed by atoms with Crippen LogP contribution in [0.2, 0.25) is 0 Å². The normalized spacial score (nSPS) is 11.2. The Kier molecular flexibility index (Phi) is 3.93. The van der Waals surface area contributed by atoms with Gasteiger partial charge in [0.25, 0.3) is 0 Å². The first-order chi connectivity index (χ1) is 9.38. The van der Waals surface area contributed by atoms with Crippen molar-refractivity contribution in [1.29, 1.82) is 0 Å². The Morgan fingerprint density at radius 3 is 2.10 bits per heavy atom. The second-order valence-corrected chi connectivity index (χ2v) is 5.95. The highest BCUT2D eigenvalue weighted by Gasteiger charge is 2.19. The molecule has 2 rings (SSSR count). The van der Waals surface area contributed by atoms with Crippen molar-refractivity contribution < 1.29 is 0 Å². The predicted octanol–water partition coefficient (Wildman–Crippen LogP) is 3.87. The van der Waals surface area contributed by atoms with E-state index >= 15 is 0 Å². The van der Waals surface area contributed by atoms with E-state index in [9.17, 15) is 0 Å². The second kappa shape index (κ2) is 5.49. The standard InChI is InChI=1S/C16H22N4/c1-11-6-8-12(9-7-11)18-14-10-13(17-5)19-15(20-14)16(2,3)4/h6-10H,1-5H3,(H2,17,18,19,20). The Balaban J connectivity index is 2.33. The lowest BCUT2D eigenvalue weighted by atomic mass is 9.96. The Morgan fingerprint density at radius 2 is 1.55 bits per heavy atom. The minimum atomic E-state index is -0.0867. The van der Waals surface area contributed by atoms with E-state index in [1.54, 1.807) is 0 Å². The zero-order valence-electron chi connectivity index (χ0n) is 12.8. The summed E-state index contributed by atoms with van der Waals surface area (Å²) in [6, 6.07) is 10.2. The van der Waals surface area contributed by atoms with Gasteiger partial charge < -0.3 is 10.6 Å². The molecular formula is C16H22N4. The van der Waals surface area contributed by atoms with Crippen molar-refractivity contribution in [2.75, 3.05) is 17.7 Å². The van der Waals surface area contributed by atoms with Crippen LogP contribution in [-0.2, 0) is 5.41 Å². The summed E-state index contributed by atoms with van der Waals surface area (Å²) in [6.07, 6.45) is 0. The predicted molar refractivity (Wildman–Crippen MR) is 84.7 cm³/mol. The molecule has 0 saturated heterocycles. The van der Waals surface area contributed by atoms with Gasteiger partial charge in [0.2, 0.25) is 0 Å². The number of anilines is 3. The van der Waals surface area contributed by atoms with Gasteiger partial charge in [-0.25, -0.2) is 9.97 Å². The lowest BCUT2D eigenvalue weighted by Gasteiger charge is -2.19. The van der Waals surface area contributed by atoms with Crippen LogP contribution in [0.4, 0.5) is 17.3 Å². The smallest absolute Gasteiger partial charge is 0.138 e. The summed E-state index contributed by atoms with van der Waals surface area (Å²) >= 11 is 0. The highest BCUT2D eigenvalue weighted by molar-refractivity contribution is 5.59. The molecule has 0 aliphatic carbocycles. The number of aryl methyl sites for hydroxylation is 1. The molecule has 0 unspecified atom stereocenters. The molecule has 4 nitrogen and oxygen atoms in total. The van der Waals surface area contributed by atoms with Crippen molar-refractivity contribution in [1.82, 2.24) is 9.97 Å². The minimum Gasteiger partial charge on any atom is -0.373 e. The number of rotatable bonds is 3. The molecule has 106 valence electrons. The monoisotopic (exact) mass is 270 g/mol. The highest BCUT2D eigenvalue weighted by Crippen LogP contribution is 2.24. The summed E-state index contributed by atoms with van der Waals surface area (Å²) in [7, 11) is 1.87. The number of aromatic nitrogens is 2. The summed E-state index contributed by atoms with van der Waals surface area (Å²) in [5.74, 6) is 2.44. The van der Waals surface area contributed by atoms with Crippen LogP contribution in [0.3, 0.4) is 0 Å². The highest BCUT2D eigenvalue weighted by atomic mass is 15.1. The summed E-state index contributed by atoms with van der Waals surface area (Å²) in [4.78, 5) is 9.12. The second-order valence-electron chi connectivity index (χ2n) is 5.95. The molecule has 0 saturated carbocycles. The lowest BCUT2D eigenvalue weighted by molar-refractivity contribution is 0.547. The third-order valence-electron chi connectivity index (χ3n) is 2.98. The number of hydrogen-bond acceptors (Lipinski definition) is 4. The zero-order chi connectivity index (χ0) is 14.8. The molecule has 1 aromatic carbocycles. The number of benzene rings is 1. The van der Waals surface area contributed by atoms with E-state index < -0.39 is 0 Å². The fourth-order valence-electron chi connectivity index (χ4n) is 1.76. The topological polar surface area (TPSA) is 49.8 Å². The average Bonchev–Trinajstić information content (AvgIpc) is 2.40. The van der Waals surface area contributed by atoms with Gasteiger partial charge in [-0.15, -0.1) is 0 Å². The van der Waals surface area contributed by atoms with Crippen molar-refractivity contribution in [3.05, 3.63) is 41.7 Å². The Bertz CT molecular complexity index is 582. The largest absolute Gasteiger partial charge is 0.373 e. The third-order valence-corrected chi connectivity index (χ3v) is 2.98. The first kappa shape index (κ1) is 14.3. The molecule has 0 atom stereocenters. The van der Waals surface area contributed by atoms with Crippen LogP contribution < -0.4 is 10.6 Å². The zero-order valence-corrected chi connectivity index (χ0v) is 12.8. The van der Waals surface area contributed by atoms with Crippen molar-refractivity contribution in [2.24, 2.45) is 0 Å². The number of hydrogen-bond donors (Lipinski definition) is 2. The quantitative estimate of drug-likeness (QED) is 0.889. The molecule has 0 aliphatic heterocycles. The Hall–Kier alpha value is -2.10. The molecule has 0 fully saturated rings. The van der Waals surface area contributed by atoms with E-state index in [0.29, 0.717) is 0 Å². The van der Waals surface area contributed by atoms with Crippen LogP contribution in [-0.4, -0.2) is 17.0 Å². The molecule has 2 N–H and O–H groups in total. The van der Waals surface area contributed by atoms with Crippen molar-refractivity contribution in [3.63, 3.8) is 0 Å². The summed E-state index contributed by atoms with van der Waals surface area (Å²) < 4.78 is 0. The number of nitrogens with zero attached hydrogens (tertiary/aromatic N) is 2. The van der Waals surface area contributed by atoms with E-state index in [0.717, 1.165) is 23.1 Å². The van der Waals surface area contributed by atoms with Crippen LogP contribution in [0.25, 0.3) is 0 Å². The van der Waals surface area contributed by atoms with E-state index in [1.165, 1.54) is 5.56 Å². The fourth-order valence-corrected chi connectivity index (χ4v) is 1.76. The third kappa shape index (κ3) is 3.47. The van der Waals surface area contributed by atoms with Crippen molar-refractivity contribution in [2.45, 2.75) is 33.1 Å². The van der Waals surface area contributed by atoms with Crippen LogP contribution in [0.15, 0.2) is 30.3 Å². The molecule has 20 heavy (non-hydrogen) atoms. The van der Waals surface area contributed by atoms with Gasteiger partial charge >= 0.3 is 0 Å². The molecule has 1 heterocycles. The van der Waals surface area contributed by atoms with Gasteiger partial charge in [0.15, 0.2) is 0 Å². The molecule has 0 bridgehead atoms. The molecule has 0 amide bonds. The molecule has 2 aromatic rings. The van der Waals surface area contributed by atoms with Crippen LogP contribution >= 0.6 is 0 Å². The SMILES string of the molecule is CNc1cc(Nc2ccc(C)cc2)nc(C(C)(C)C)n1. The van der Waals surface area contributed by atoms with Gasteiger partial charge in [0.05, 0.1) is 0 Å². The number of nitrogens with one attached hydrogen (secondary N) is 2. The molecule has 0 spiro atoms. The molecule has 4 heteroatoms. The summed E-state index contributed by atoms with van der Waals surface area (Å²) in [6.45, 7) is 8.40. The van der Waals surface area contributed by atoms with E-state index in [4.69, 9.17) is 0 Å². The molecular weight excluding hydrogens is 248 g/mol. The van der Waals surface area contributed by atoms with E-state index in [2.05, 4.69) is 60.4 Å². The maximum Gasteiger partial charge on any atom is 0.138 e. The minimum absolute atomic E-state index is 0.0867. The van der Waals surface area contributed by atoms with Gasteiger partial charge in [0.1, 0.15) is 17.5 Å².